The maximum Gasteiger partial charge on any atom is 0.222 e. The van der Waals surface area contributed by atoms with Crippen LogP contribution in [-0.4, -0.2) is 29.5 Å². The molecule has 0 bridgehead atoms. The number of rotatable bonds is 6. The molecule has 16 heavy (non-hydrogen) atoms. The summed E-state index contributed by atoms with van der Waals surface area (Å²) in [6, 6.07) is 0.299. The molecule has 1 fully saturated rings. The van der Waals surface area contributed by atoms with E-state index >= 15 is 0 Å². The first-order valence-corrected chi connectivity index (χ1v) is 7.56. The van der Waals surface area contributed by atoms with Crippen LogP contribution in [0.1, 0.15) is 45.4 Å². The van der Waals surface area contributed by atoms with Crippen LogP contribution in [0, 0.1) is 0 Å². The van der Waals surface area contributed by atoms with E-state index < -0.39 is 0 Å². The van der Waals surface area contributed by atoms with Crippen molar-refractivity contribution in [1.29, 1.82) is 0 Å². The number of carbonyl (C=O) groups excluding carboxylic acids is 1. The summed E-state index contributed by atoms with van der Waals surface area (Å²) in [4.78, 5) is 11.8. The lowest BCUT2D eigenvalue weighted by Crippen LogP contribution is -2.45. The molecule has 0 spiro atoms. The smallest absolute Gasteiger partial charge is 0.222 e. The molecule has 1 aliphatic carbocycles. The zero-order valence-corrected chi connectivity index (χ0v) is 11.2. The van der Waals surface area contributed by atoms with Gasteiger partial charge in [0, 0.05) is 23.8 Å². The van der Waals surface area contributed by atoms with Gasteiger partial charge in [-0.15, -0.1) is 0 Å². The minimum atomic E-state index is -0.221. The van der Waals surface area contributed by atoms with E-state index in [1.165, 1.54) is 12.8 Å². The van der Waals surface area contributed by atoms with E-state index in [1.807, 2.05) is 0 Å². The number of carbonyl (C=O) groups is 1. The van der Waals surface area contributed by atoms with Crippen LogP contribution in [0.25, 0.3) is 0 Å². The van der Waals surface area contributed by atoms with E-state index in [0.29, 0.717) is 12.5 Å². The SMILES string of the molecule is CCC(CSC)NC(=O)CC1(N)CCCC1. The number of thioether (sulfide) groups is 1. The van der Waals surface area contributed by atoms with Crippen LogP contribution in [0.3, 0.4) is 0 Å². The van der Waals surface area contributed by atoms with Gasteiger partial charge in [0.25, 0.3) is 0 Å². The molecule has 1 rings (SSSR count). The third-order valence-corrected chi connectivity index (χ3v) is 4.07. The molecule has 4 heteroatoms. The molecule has 0 radical (unpaired) electrons. The second-order valence-corrected chi connectivity index (χ2v) is 5.78. The third kappa shape index (κ3) is 4.34. The summed E-state index contributed by atoms with van der Waals surface area (Å²) in [5, 5.41) is 3.08. The molecule has 0 saturated heterocycles. The first kappa shape index (κ1) is 13.8. The van der Waals surface area contributed by atoms with Gasteiger partial charge < -0.3 is 11.1 Å². The highest BCUT2D eigenvalue weighted by Gasteiger charge is 2.31. The van der Waals surface area contributed by atoms with Crippen molar-refractivity contribution < 1.29 is 4.79 Å². The van der Waals surface area contributed by atoms with Crippen molar-refractivity contribution in [3.8, 4) is 0 Å². The van der Waals surface area contributed by atoms with E-state index in [-0.39, 0.29) is 11.4 Å². The highest BCUT2D eigenvalue weighted by Crippen LogP contribution is 2.29. The summed E-state index contributed by atoms with van der Waals surface area (Å²) < 4.78 is 0. The highest BCUT2D eigenvalue weighted by atomic mass is 32.2. The Hall–Kier alpha value is -0.220. The van der Waals surface area contributed by atoms with Crippen LogP contribution < -0.4 is 11.1 Å². The number of amides is 1. The normalized spacial score (nSPS) is 20.7. The van der Waals surface area contributed by atoms with E-state index in [9.17, 15) is 4.79 Å². The predicted molar refractivity (Wildman–Crippen MR) is 70.6 cm³/mol. The second kappa shape index (κ2) is 6.50. The molecule has 0 aromatic heterocycles. The Bertz CT molecular complexity index is 227. The Morgan fingerprint density at radius 1 is 1.50 bits per heavy atom. The highest BCUT2D eigenvalue weighted by molar-refractivity contribution is 7.98. The van der Waals surface area contributed by atoms with Gasteiger partial charge in [0.15, 0.2) is 0 Å². The van der Waals surface area contributed by atoms with Gasteiger partial charge in [-0.25, -0.2) is 0 Å². The van der Waals surface area contributed by atoms with Crippen LogP contribution in [0.15, 0.2) is 0 Å². The lowest BCUT2D eigenvalue weighted by molar-refractivity contribution is -0.122. The summed E-state index contributed by atoms with van der Waals surface area (Å²) in [6.45, 7) is 2.11. The molecule has 0 heterocycles. The van der Waals surface area contributed by atoms with E-state index in [2.05, 4.69) is 18.5 Å². The van der Waals surface area contributed by atoms with Gasteiger partial charge in [-0.05, 0) is 25.5 Å². The van der Waals surface area contributed by atoms with Crippen molar-refractivity contribution in [3.63, 3.8) is 0 Å². The number of hydrogen-bond acceptors (Lipinski definition) is 3. The van der Waals surface area contributed by atoms with Crippen molar-refractivity contribution in [2.45, 2.75) is 57.0 Å². The molecule has 1 amide bonds. The average molecular weight is 244 g/mol. The Kier molecular flexibility index (Phi) is 5.62. The topological polar surface area (TPSA) is 55.1 Å². The molecule has 94 valence electrons. The summed E-state index contributed by atoms with van der Waals surface area (Å²) in [6.07, 6.45) is 7.90. The van der Waals surface area contributed by atoms with Crippen LogP contribution in [0.5, 0.6) is 0 Å². The zero-order valence-electron chi connectivity index (χ0n) is 10.4. The molecule has 1 saturated carbocycles. The quantitative estimate of drug-likeness (QED) is 0.750. The minimum absolute atomic E-state index is 0.130. The number of nitrogens with two attached hydrogens (primary N) is 1. The Morgan fingerprint density at radius 3 is 2.62 bits per heavy atom. The number of nitrogens with one attached hydrogen (secondary N) is 1. The van der Waals surface area contributed by atoms with Crippen molar-refractivity contribution in [2.75, 3.05) is 12.0 Å². The van der Waals surface area contributed by atoms with Crippen molar-refractivity contribution in [2.24, 2.45) is 5.73 Å². The molecule has 1 atom stereocenters. The Balaban J connectivity index is 2.34. The summed E-state index contributed by atoms with van der Waals surface area (Å²) in [7, 11) is 0. The van der Waals surface area contributed by atoms with Gasteiger partial charge in [0.1, 0.15) is 0 Å². The fourth-order valence-electron chi connectivity index (χ4n) is 2.32. The van der Waals surface area contributed by atoms with Crippen LogP contribution in [-0.2, 0) is 4.79 Å². The Labute approximate surface area is 103 Å². The molecular weight excluding hydrogens is 220 g/mol. The third-order valence-electron chi connectivity index (χ3n) is 3.34. The summed E-state index contributed by atoms with van der Waals surface area (Å²) in [5.41, 5.74) is 5.96. The molecule has 3 N–H and O–H groups in total. The van der Waals surface area contributed by atoms with Gasteiger partial charge in [0.2, 0.25) is 5.91 Å². The summed E-state index contributed by atoms with van der Waals surface area (Å²) in [5.74, 6) is 1.12. The first-order chi connectivity index (χ1) is 7.59. The van der Waals surface area contributed by atoms with Gasteiger partial charge in [-0.1, -0.05) is 19.8 Å². The largest absolute Gasteiger partial charge is 0.352 e. The first-order valence-electron chi connectivity index (χ1n) is 6.17. The minimum Gasteiger partial charge on any atom is -0.352 e. The van der Waals surface area contributed by atoms with E-state index in [0.717, 1.165) is 25.0 Å². The molecule has 0 aromatic rings. The fourth-order valence-corrected chi connectivity index (χ4v) is 3.04. The maximum absolute atomic E-state index is 11.8. The fraction of sp³-hybridized carbons (Fsp3) is 0.917. The maximum atomic E-state index is 11.8. The van der Waals surface area contributed by atoms with Gasteiger partial charge >= 0.3 is 0 Å². The van der Waals surface area contributed by atoms with Gasteiger partial charge in [-0.2, -0.15) is 11.8 Å². The van der Waals surface area contributed by atoms with Crippen molar-refractivity contribution >= 4 is 17.7 Å². The molecule has 3 nitrogen and oxygen atoms in total. The molecule has 1 unspecified atom stereocenters. The number of hydrogen-bond donors (Lipinski definition) is 2. The molecule has 1 aliphatic rings. The van der Waals surface area contributed by atoms with Gasteiger partial charge in [0.05, 0.1) is 0 Å². The molecule has 0 aliphatic heterocycles. The van der Waals surface area contributed by atoms with Crippen LogP contribution in [0.2, 0.25) is 0 Å². The lowest BCUT2D eigenvalue weighted by Gasteiger charge is -2.24. The van der Waals surface area contributed by atoms with Crippen LogP contribution >= 0.6 is 11.8 Å². The van der Waals surface area contributed by atoms with Crippen LogP contribution in [0.4, 0.5) is 0 Å². The van der Waals surface area contributed by atoms with E-state index in [4.69, 9.17) is 5.73 Å². The van der Waals surface area contributed by atoms with E-state index in [1.54, 1.807) is 11.8 Å². The molecule has 0 aromatic carbocycles. The summed E-state index contributed by atoms with van der Waals surface area (Å²) >= 11 is 1.77. The van der Waals surface area contributed by atoms with Crippen molar-refractivity contribution in [1.82, 2.24) is 5.32 Å². The predicted octanol–water partition coefficient (Wildman–Crippen LogP) is 1.91. The standard InChI is InChI=1S/C12H24N2OS/c1-3-10(9-16-2)14-11(15)8-12(13)6-4-5-7-12/h10H,3-9,13H2,1-2H3,(H,14,15). The zero-order chi connectivity index (χ0) is 12.0. The second-order valence-electron chi connectivity index (χ2n) is 4.87. The average Bonchev–Trinajstić information content (AvgIpc) is 2.63. The van der Waals surface area contributed by atoms with Crippen molar-refractivity contribution in [3.05, 3.63) is 0 Å². The molecular formula is C12H24N2OS. The Morgan fingerprint density at radius 2 is 2.12 bits per heavy atom. The lowest BCUT2D eigenvalue weighted by atomic mass is 9.94. The monoisotopic (exact) mass is 244 g/mol. The van der Waals surface area contributed by atoms with Gasteiger partial charge in [-0.3, -0.25) is 4.79 Å².